The van der Waals surface area contributed by atoms with Gasteiger partial charge in [-0.1, -0.05) is 42.5 Å². The molecule has 33 heavy (non-hydrogen) atoms. The molecule has 6 nitrogen and oxygen atoms in total. The summed E-state index contributed by atoms with van der Waals surface area (Å²) in [5.74, 6) is -7.36. The summed E-state index contributed by atoms with van der Waals surface area (Å²) < 4.78 is 62.4. The molecule has 3 rings (SSSR count). The fourth-order valence-corrected chi connectivity index (χ4v) is 3.49. The zero-order chi connectivity index (χ0) is 24.4. The number of rotatable bonds is 6. The van der Waals surface area contributed by atoms with Crippen molar-refractivity contribution in [2.24, 2.45) is 0 Å². The Morgan fingerprint density at radius 3 is 2.21 bits per heavy atom. The van der Waals surface area contributed by atoms with Crippen molar-refractivity contribution in [2.45, 2.75) is 31.0 Å². The highest BCUT2D eigenvalue weighted by Crippen LogP contribution is 2.39. The van der Waals surface area contributed by atoms with Crippen molar-refractivity contribution in [1.82, 2.24) is 10.6 Å². The van der Waals surface area contributed by atoms with Crippen molar-refractivity contribution in [3.63, 3.8) is 0 Å². The van der Waals surface area contributed by atoms with E-state index in [4.69, 9.17) is 0 Å². The standard InChI is InChI=1S/C22H20F5N3O3/c1-30-16-9-5-4-7-14(16)13-6-2-3-8-15(13)19(20(30)33)29-18(32)12-17(31)28-11-10-21(23,24)22(25,26)27/h2-9,19H,10-12H2,1H3,(H,28,31)(H,29,32)/t19-/m0/s1. The number of amides is 3. The number of nitrogens with zero attached hydrogens (tertiary/aromatic N) is 1. The Hall–Kier alpha value is -3.50. The second kappa shape index (κ2) is 9.16. The minimum Gasteiger partial charge on any atom is -0.355 e. The number of carbonyl (C=O) groups excluding carboxylic acids is 3. The van der Waals surface area contributed by atoms with Crippen LogP contribution in [-0.2, 0) is 14.4 Å². The second-order valence-corrected chi connectivity index (χ2v) is 7.48. The van der Waals surface area contributed by atoms with Gasteiger partial charge in [0.15, 0.2) is 0 Å². The lowest BCUT2D eigenvalue weighted by molar-refractivity contribution is -0.283. The van der Waals surface area contributed by atoms with Crippen LogP contribution in [0.25, 0.3) is 11.1 Å². The Balaban J connectivity index is 1.70. The quantitative estimate of drug-likeness (QED) is 0.502. The van der Waals surface area contributed by atoms with Crippen molar-refractivity contribution in [3.8, 4) is 11.1 Å². The van der Waals surface area contributed by atoms with Crippen LogP contribution in [0.3, 0.4) is 0 Å². The van der Waals surface area contributed by atoms with E-state index >= 15 is 0 Å². The SMILES string of the molecule is CN1C(=O)[C@@H](NC(=O)CC(=O)NCCC(F)(F)C(F)(F)F)c2ccccc2-c2ccccc21. The Bertz CT molecular complexity index is 1070. The molecule has 2 aromatic rings. The molecule has 11 heteroatoms. The molecule has 2 N–H and O–H groups in total. The van der Waals surface area contributed by atoms with E-state index in [0.717, 1.165) is 5.56 Å². The minimum atomic E-state index is -5.73. The van der Waals surface area contributed by atoms with Gasteiger partial charge in [0.25, 0.3) is 5.91 Å². The molecule has 1 aliphatic rings. The Morgan fingerprint density at radius 2 is 1.55 bits per heavy atom. The number of likely N-dealkylation sites (N-methyl/N-ethyl adjacent to an activating group) is 1. The molecule has 0 saturated carbocycles. The van der Waals surface area contributed by atoms with Gasteiger partial charge in [0.1, 0.15) is 12.5 Å². The molecule has 0 saturated heterocycles. The summed E-state index contributed by atoms with van der Waals surface area (Å²) in [5.41, 5.74) is 2.59. The van der Waals surface area contributed by atoms with Crippen molar-refractivity contribution in [1.29, 1.82) is 0 Å². The van der Waals surface area contributed by atoms with Crippen LogP contribution in [0.2, 0.25) is 0 Å². The summed E-state index contributed by atoms with van der Waals surface area (Å²) in [5, 5.41) is 4.34. The number of anilines is 1. The fraction of sp³-hybridized carbons (Fsp3) is 0.318. The van der Waals surface area contributed by atoms with Gasteiger partial charge in [-0.15, -0.1) is 0 Å². The van der Waals surface area contributed by atoms with Gasteiger partial charge in [-0.2, -0.15) is 22.0 Å². The molecule has 0 unspecified atom stereocenters. The van der Waals surface area contributed by atoms with E-state index < -0.39 is 55.2 Å². The normalized spacial score (nSPS) is 15.9. The summed E-state index contributed by atoms with van der Waals surface area (Å²) in [6.07, 6.45) is -8.23. The molecular formula is C22H20F5N3O3. The summed E-state index contributed by atoms with van der Waals surface area (Å²) in [4.78, 5) is 38.8. The Labute approximate surface area is 185 Å². The monoisotopic (exact) mass is 469 g/mol. The van der Waals surface area contributed by atoms with Crippen LogP contribution >= 0.6 is 0 Å². The molecule has 0 radical (unpaired) electrons. The number of benzene rings is 2. The molecular weight excluding hydrogens is 449 g/mol. The van der Waals surface area contributed by atoms with E-state index in [2.05, 4.69) is 5.32 Å². The fourth-order valence-electron chi connectivity index (χ4n) is 3.49. The van der Waals surface area contributed by atoms with Crippen LogP contribution in [0, 0.1) is 0 Å². The topological polar surface area (TPSA) is 78.5 Å². The number of fused-ring (bicyclic) bond motifs is 3. The first-order valence-electron chi connectivity index (χ1n) is 9.89. The van der Waals surface area contributed by atoms with Crippen molar-refractivity contribution in [3.05, 3.63) is 54.1 Å². The first-order chi connectivity index (χ1) is 15.4. The average molecular weight is 469 g/mol. The molecule has 2 aromatic carbocycles. The lowest BCUT2D eigenvalue weighted by atomic mass is 9.95. The number of hydrogen-bond acceptors (Lipinski definition) is 3. The van der Waals surface area contributed by atoms with Crippen molar-refractivity contribution >= 4 is 23.4 Å². The van der Waals surface area contributed by atoms with Gasteiger partial charge in [0, 0.05) is 25.6 Å². The summed E-state index contributed by atoms with van der Waals surface area (Å²) >= 11 is 0. The molecule has 0 aliphatic carbocycles. The smallest absolute Gasteiger partial charge is 0.355 e. The maximum Gasteiger partial charge on any atom is 0.453 e. The molecule has 0 bridgehead atoms. The minimum absolute atomic E-state index is 0.467. The molecule has 0 aromatic heterocycles. The highest BCUT2D eigenvalue weighted by molar-refractivity contribution is 6.07. The predicted octanol–water partition coefficient (Wildman–Crippen LogP) is 3.58. The molecule has 1 aliphatic heterocycles. The van der Waals surface area contributed by atoms with Crippen molar-refractivity contribution in [2.75, 3.05) is 18.5 Å². The average Bonchev–Trinajstić information content (AvgIpc) is 2.83. The molecule has 0 spiro atoms. The Kier molecular flexibility index (Phi) is 6.71. The van der Waals surface area contributed by atoms with E-state index in [9.17, 15) is 36.3 Å². The van der Waals surface area contributed by atoms with Crippen LogP contribution in [0.15, 0.2) is 48.5 Å². The summed E-state index contributed by atoms with van der Waals surface area (Å²) in [6, 6.07) is 12.9. The number of carbonyl (C=O) groups is 3. The number of nitrogens with one attached hydrogen (secondary N) is 2. The van der Waals surface area contributed by atoms with Crippen LogP contribution in [0.5, 0.6) is 0 Å². The third kappa shape index (κ3) is 5.12. The van der Waals surface area contributed by atoms with Crippen LogP contribution < -0.4 is 15.5 Å². The number of halogens is 5. The maximum atomic E-state index is 13.1. The van der Waals surface area contributed by atoms with Gasteiger partial charge < -0.3 is 15.5 Å². The van der Waals surface area contributed by atoms with Crippen LogP contribution in [0.4, 0.5) is 27.6 Å². The third-order valence-corrected chi connectivity index (χ3v) is 5.21. The first-order valence-corrected chi connectivity index (χ1v) is 9.89. The van der Waals surface area contributed by atoms with Gasteiger partial charge >= 0.3 is 12.1 Å². The zero-order valence-corrected chi connectivity index (χ0v) is 17.4. The van der Waals surface area contributed by atoms with E-state index in [1.165, 1.54) is 4.90 Å². The lowest BCUT2D eigenvalue weighted by Crippen LogP contribution is -2.43. The van der Waals surface area contributed by atoms with E-state index in [0.29, 0.717) is 16.8 Å². The van der Waals surface area contributed by atoms with E-state index in [1.807, 2.05) is 11.4 Å². The summed E-state index contributed by atoms with van der Waals surface area (Å²) in [7, 11) is 1.54. The zero-order valence-electron chi connectivity index (χ0n) is 17.4. The first kappa shape index (κ1) is 24.1. The molecule has 1 atom stereocenters. The van der Waals surface area contributed by atoms with E-state index in [1.54, 1.807) is 49.5 Å². The molecule has 0 fully saturated rings. The second-order valence-electron chi connectivity index (χ2n) is 7.48. The highest BCUT2D eigenvalue weighted by Gasteiger charge is 2.56. The lowest BCUT2D eigenvalue weighted by Gasteiger charge is -2.23. The maximum absolute atomic E-state index is 13.1. The van der Waals surface area contributed by atoms with Crippen LogP contribution in [-0.4, -0.2) is 43.4 Å². The number of hydrogen-bond donors (Lipinski definition) is 2. The third-order valence-electron chi connectivity index (χ3n) is 5.21. The number of alkyl halides is 5. The van der Waals surface area contributed by atoms with Gasteiger partial charge in [0.2, 0.25) is 11.8 Å². The molecule has 176 valence electrons. The van der Waals surface area contributed by atoms with Crippen molar-refractivity contribution < 1.29 is 36.3 Å². The van der Waals surface area contributed by atoms with Gasteiger partial charge in [-0.05, 0) is 17.2 Å². The Morgan fingerprint density at radius 1 is 0.939 bits per heavy atom. The van der Waals surface area contributed by atoms with E-state index in [-0.39, 0.29) is 0 Å². The molecule has 3 amide bonds. The van der Waals surface area contributed by atoms with Gasteiger partial charge in [-0.25, -0.2) is 0 Å². The highest BCUT2D eigenvalue weighted by atomic mass is 19.4. The molecule has 1 heterocycles. The van der Waals surface area contributed by atoms with Gasteiger partial charge in [-0.3, -0.25) is 14.4 Å². The van der Waals surface area contributed by atoms with Crippen LogP contribution in [0.1, 0.15) is 24.4 Å². The predicted molar refractivity (Wildman–Crippen MR) is 109 cm³/mol. The van der Waals surface area contributed by atoms with Gasteiger partial charge in [0.05, 0.1) is 5.69 Å². The number of para-hydroxylation sites is 1. The summed E-state index contributed by atoms with van der Waals surface area (Å²) in [6.45, 7) is -0.970. The largest absolute Gasteiger partial charge is 0.453 e.